The SMILES string of the molecule is O=C(/N=C(/Nc1cccc(C(F)(F)F)c1)N[C@H]1CC[C@H](O)CC1)c1ccc(F)c(F)c1. The van der Waals surface area contributed by atoms with E-state index in [1.807, 2.05) is 0 Å². The highest BCUT2D eigenvalue weighted by Crippen LogP contribution is 2.30. The lowest BCUT2D eigenvalue weighted by Gasteiger charge is -2.27. The lowest BCUT2D eigenvalue weighted by molar-refractivity contribution is -0.137. The Morgan fingerprint density at radius 2 is 1.71 bits per heavy atom. The quantitative estimate of drug-likeness (QED) is 0.373. The molecule has 0 spiro atoms. The van der Waals surface area contributed by atoms with Crippen LogP contribution in [0.25, 0.3) is 0 Å². The van der Waals surface area contributed by atoms with Gasteiger partial charge >= 0.3 is 6.18 Å². The average Bonchev–Trinajstić information content (AvgIpc) is 2.71. The minimum atomic E-state index is -4.55. The molecular weight excluding hydrogens is 421 g/mol. The fourth-order valence-corrected chi connectivity index (χ4v) is 3.22. The molecule has 3 rings (SSSR count). The highest BCUT2D eigenvalue weighted by atomic mass is 19.4. The zero-order valence-electron chi connectivity index (χ0n) is 16.2. The van der Waals surface area contributed by atoms with Gasteiger partial charge < -0.3 is 15.7 Å². The summed E-state index contributed by atoms with van der Waals surface area (Å²) >= 11 is 0. The number of hydrogen-bond acceptors (Lipinski definition) is 2. The molecule has 2 aromatic carbocycles. The van der Waals surface area contributed by atoms with E-state index in [1.165, 1.54) is 12.1 Å². The summed E-state index contributed by atoms with van der Waals surface area (Å²) in [5, 5.41) is 15.3. The number of carbonyl (C=O) groups excluding carboxylic acids is 1. The van der Waals surface area contributed by atoms with Gasteiger partial charge in [0.05, 0.1) is 11.7 Å². The maximum Gasteiger partial charge on any atom is 0.416 e. The van der Waals surface area contributed by atoms with Crippen LogP contribution >= 0.6 is 0 Å². The van der Waals surface area contributed by atoms with Gasteiger partial charge in [-0.05, 0) is 62.1 Å². The Bertz CT molecular complexity index is 970. The van der Waals surface area contributed by atoms with Crippen LogP contribution in [0.2, 0.25) is 0 Å². The molecule has 0 aromatic heterocycles. The zero-order chi connectivity index (χ0) is 22.6. The van der Waals surface area contributed by atoms with E-state index >= 15 is 0 Å². The first-order valence-corrected chi connectivity index (χ1v) is 9.59. The molecule has 0 bridgehead atoms. The summed E-state index contributed by atoms with van der Waals surface area (Å²) in [5.41, 5.74) is -1.07. The second kappa shape index (κ2) is 9.42. The summed E-state index contributed by atoms with van der Waals surface area (Å²) in [6.07, 6.45) is -2.83. The van der Waals surface area contributed by atoms with Gasteiger partial charge in [0.25, 0.3) is 5.91 Å². The van der Waals surface area contributed by atoms with Gasteiger partial charge in [-0.15, -0.1) is 0 Å². The van der Waals surface area contributed by atoms with Crippen molar-refractivity contribution in [2.24, 2.45) is 4.99 Å². The summed E-state index contributed by atoms with van der Waals surface area (Å²) in [5.74, 6) is -3.38. The normalized spacial score (nSPS) is 19.7. The number of carbonyl (C=O) groups is 1. The van der Waals surface area contributed by atoms with Crippen LogP contribution in [0.1, 0.15) is 41.6 Å². The monoisotopic (exact) mass is 441 g/mol. The number of aliphatic hydroxyl groups is 1. The topological polar surface area (TPSA) is 73.7 Å². The Balaban J connectivity index is 1.86. The third-order valence-corrected chi connectivity index (χ3v) is 4.87. The van der Waals surface area contributed by atoms with Crippen molar-refractivity contribution in [2.75, 3.05) is 5.32 Å². The second-order valence-corrected chi connectivity index (χ2v) is 7.25. The largest absolute Gasteiger partial charge is 0.416 e. The van der Waals surface area contributed by atoms with Crippen molar-refractivity contribution in [1.82, 2.24) is 5.32 Å². The Hall–Kier alpha value is -3.01. The molecule has 1 aliphatic rings. The number of benzene rings is 2. The van der Waals surface area contributed by atoms with Crippen LogP contribution in [-0.2, 0) is 6.18 Å². The molecule has 1 aliphatic carbocycles. The third kappa shape index (κ3) is 6.24. The highest BCUT2D eigenvalue weighted by molar-refractivity contribution is 6.06. The van der Waals surface area contributed by atoms with Crippen LogP contribution in [0.3, 0.4) is 0 Å². The van der Waals surface area contributed by atoms with Crippen molar-refractivity contribution in [3.63, 3.8) is 0 Å². The Morgan fingerprint density at radius 3 is 2.35 bits per heavy atom. The standard InChI is InChI=1S/C21H20F5N3O2/c22-17-9-4-12(10-18(17)23)19(31)29-20(27-14-5-7-16(30)8-6-14)28-15-3-1-2-13(11-15)21(24,25)26/h1-4,9-11,14,16,30H,5-8H2,(H2,27,28,29,31)/t14-,16-. The van der Waals surface area contributed by atoms with Gasteiger partial charge in [-0.2, -0.15) is 18.2 Å². The third-order valence-electron chi connectivity index (χ3n) is 4.87. The molecule has 31 heavy (non-hydrogen) atoms. The number of halogens is 5. The molecule has 10 heteroatoms. The van der Waals surface area contributed by atoms with E-state index in [9.17, 15) is 31.9 Å². The van der Waals surface area contributed by atoms with Crippen molar-refractivity contribution in [1.29, 1.82) is 0 Å². The van der Waals surface area contributed by atoms with E-state index in [1.54, 1.807) is 0 Å². The van der Waals surface area contributed by atoms with Crippen LogP contribution in [0.4, 0.5) is 27.6 Å². The van der Waals surface area contributed by atoms with Crippen LogP contribution in [-0.4, -0.2) is 29.1 Å². The van der Waals surface area contributed by atoms with E-state index in [4.69, 9.17) is 0 Å². The van der Waals surface area contributed by atoms with E-state index in [-0.39, 0.29) is 23.3 Å². The number of nitrogens with zero attached hydrogens (tertiary/aromatic N) is 1. The maximum atomic E-state index is 13.5. The zero-order valence-corrected chi connectivity index (χ0v) is 16.2. The molecule has 0 aliphatic heterocycles. The average molecular weight is 441 g/mol. The number of rotatable bonds is 3. The first-order chi connectivity index (χ1) is 14.6. The molecule has 0 heterocycles. The second-order valence-electron chi connectivity index (χ2n) is 7.25. The number of alkyl halides is 3. The van der Waals surface area contributed by atoms with Gasteiger partial charge in [0.15, 0.2) is 11.6 Å². The lowest BCUT2D eigenvalue weighted by atomic mass is 9.93. The number of aliphatic hydroxyl groups excluding tert-OH is 1. The summed E-state index contributed by atoms with van der Waals surface area (Å²) in [4.78, 5) is 16.3. The molecule has 0 unspecified atom stereocenters. The number of hydrogen-bond donors (Lipinski definition) is 3. The van der Waals surface area contributed by atoms with Crippen molar-refractivity contribution in [3.05, 3.63) is 65.2 Å². The number of nitrogens with one attached hydrogen (secondary N) is 2. The van der Waals surface area contributed by atoms with Gasteiger partial charge in [-0.3, -0.25) is 4.79 Å². The molecule has 1 fully saturated rings. The molecular formula is C21H20F5N3O2. The van der Waals surface area contributed by atoms with Gasteiger partial charge in [0, 0.05) is 17.3 Å². The first-order valence-electron chi connectivity index (χ1n) is 9.59. The van der Waals surface area contributed by atoms with E-state index in [0.29, 0.717) is 31.7 Å². The van der Waals surface area contributed by atoms with Crippen molar-refractivity contribution in [2.45, 2.75) is 44.0 Å². The van der Waals surface area contributed by atoms with E-state index in [2.05, 4.69) is 15.6 Å². The Kier molecular flexibility index (Phi) is 6.89. The molecule has 2 aromatic rings. The smallest absolute Gasteiger partial charge is 0.393 e. The fraction of sp³-hybridized carbons (Fsp3) is 0.333. The number of amides is 1. The van der Waals surface area contributed by atoms with E-state index in [0.717, 1.165) is 24.3 Å². The summed E-state index contributed by atoms with van der Waals surface area (Å²) in [7, 11) is 0. The van der Waals surface area contributed by atoms with Gasteiger partial charge in [-0.1, -0.05) is 6.07 Å². The molecule has 3 N–H and O–H groups in total. The molecule has 166 valence electrons. The van der Waals surface area contributed by atoms with Gasteiger partial charge in [0.2, 0.25) is 5.96 Å². The molecule has 0 atom stereocenters. The van der Waals surface area contributed by atoms with Crippen LogP contribution in [0.15, 0.2) is 47.5 Å². The number of aliphatic imine (C=N–C) groups is 1. The predicted molar refractivity (Wildman–Crippen MR) is 105 cm³/mol. The highest BCUT2D eigenvalue weighted by Gasteiger charge is 2.30. The van der Waals surface area contributed by atoms with Crippen molar-refractivity contribution >= 4 is 17.6 Å². The van der Waals surface area contributed by atoms with Crippen LogP contribution < -0.4 is 10.6 Å². The summed E-state index contributed by atoms with van der Waals surface area (Å²) < 4.78 is 65.6. The summed E-state index contributed by atoms with van der Waals surface area (Å²) in [6, 6.07) is 6.71. The maximum absolute atomic E-state index is 13.5. The fourth-order valence-electron chi connectivity index (χ4n) is 3.22. The minimum absolute atomic E-state index is 0.0370. The predicted octanol–water partition coefficient (Wildman–Crippen LogP) is 4.49. The molecule has 1 saturated carbocycles. The number of guanidine groups is 1. The van der Waals surface area contributed by atoms with Gasteiger partial charge in [-0.25, -0.2) is 8.78 Å². The number of anilines is 1. The Labute approximate surface area is 175 Å². The molecule has 0 saturated heterocycles. The molecule has 0 radical (unpaired) electrons. The Morgan fingerprint density at radius 1 is 1.00 bits per heavy atom. The minimum Gasteiger partial charge on any atom is -0.393 e. The van der Waals surface area contributed by atoms with Crippen LogP contribution in [0, 0.1) is 11.6 Å². The summed E-state index contributed by atoms with van der Waals surface area (Å²) in [6.45, 7) is 0. The van der Waals surface area contributed by atoms with Crippen molar-refractivity contribution in [3.8, 4) is 0 Å². The van der Waals surface area contributed by atoms with E-state index < -0.39 is 35.4 Å². The van der Waals surface area contributed by atoms with Crippen molar-refractivity contribution < 1.29 is 31.9 Å². The first kappa shape index (κ1) is 22.7. The molecule has 5 nitrogen and oxygen atoms in total. The van der Waals surface area contributed by atoms with Crippen LogP contribution in [0.5, 0.6) is 0 Å². The lowest BCUT2D eigenvalue weighted by Crippen LogP contribution is -2.42. The van der Waals surface area contributed by atoms with Gasteiger partial charge in [0.1, 0.15) is 0 Å². The molecule has 1 amide bonds.